The van der Waals surface area contributed by atoms with Gasteiger partial charge in [0.2, 0.25) is 5.95 Å². The molecule has 3 aromatic rings. The van der Waals surface area contributed by atoms with Crippen LogP contribution in [0.2, 0.25) is 0 Å². The Morgan fingerprint density at radius 3 is 2.79 bits per heavy atom. The van der Waals surface area contributed by atoms with E-state index in [0.29, 0.717) is 72.6 Å². The molecule has 0 unspecified atom stereocenters. The number of carbonyl (C=O) groups excluding carboxylic acids is 2. The second-order valence-electron chi connectivity index (χ2n) is 8.74. The molecule has 1 aliphatic rings. The van der Waals surface area contributed by atoms with E-state index in [1.165, 1.54) is 0 Å². The van der Waals surface area contributed by atoms with E-state index in [9.17, 15) is 9.59 Å². The number of fused-ring (bicyclic) bond motifs is 1. The number of likely N-dealkylation sites (tertiary alicyclic amines) is 1. The van der Waals surface area contributed by atoms with E-state index in [4.69, 9.17) is 10.5 Å². The van der Waals surface area contributed by atoms with Crippen LogP contribution in [0.15, 0.2) is 36.5 Å². The first-order chi connectivity index (χ1) is 16.4. The molecule has 1 atom stereocenters. The van der Waals surface area contributed by atoms with Crippen LogP contribution in [0.3, 0.4) is 0 Å². The van der Waals surface area contributed by atoms with Crippen molar-refractivity contribution in [3.63, 3.8) is 0 Å². The number of nitrogens with two attached hydrogens (primary N) is 1. The lowest BCUT2D eigenvalue weighted by Crippen LogP contribution is -2.34. The molecule has 0 spiro atoms. The van der Waals surface area contributed by atoms with Crippen molar-refractivity contribution in [2.75, 3.05) is 52.0 Å². The van der Waals surface area contributed by atoms with Gasteiger partial charge in [-0.3, -0.25) is 19.5 Å². The summed E-state index contributed by atoms with van der Waals surface area (Å²) in [6, 6.07) is 8.85. The normalized spacial score (nSPS) is 15.9. The van der Waals surface area contributed by atoms with Gasteiger partial charge in [-0.1, -0.05) is 6.07 Å². The molecular formula is C24H31N7O3. The Bertz CT molecular complexity index is 1190. The van der Waals surface area contributed by atoms with Crippen LogP contribution < -0.4 is 11.1 Å². The molecule has 2 amide bonds. The molecule has 3 N–H and O–H groups in total. The van der Waals surface area contributed by atoms with E-state index < -0.39 is 0 Å². The number of hydrogen-bond acceptors (Lipinski definition) is 7. The third-order valence-electron chi connectivity index (χ3n) is 6.12. The van der Waals surface area contributed by atoms with Crippen molar-refractivity contribution in [3.05, 3.63) is 47.7 Å². The fourth-order valence-electron chi connectivity index (χ4n) is 4.19. The summed E-state index contributed by atoms with van der Waals surface area (Å²) in [4.78, 5) is 39.1. The zero-order valence-corrected chi connectivity index (χ0v) is 19.8. The quantitative estimate of drug-likeness (QED) is 0.386. The highest BCUT2D eigenvalue weighted by Crippen LogP contribution is 2.23. The summed E-state index contributed by atoms with van der Waals surface area (Å²) in [5.74, 6) is -0.0128. The minimum atomic E-state index is -0.321. The van der Waals surface area contributed by atoms with Crippen molar-refractivity contribution < 1.29 is 14.3 Å². The van der Waals surface area contributed by atoms with E-state index in [2.05, 4.69) is 20.2 Å². The third kappa shape index (κ3) is 5.02. The van der Waals surface area contributed by atoms with E-state index in [-0.39, 0.29) is 11.8 Å². The Morgan fingerprint density at radius 1 is 1.26 bits per heavy atom. The van der Waals surface area contributed by atoms with E-state index in [1.54, 1.807) is 43.6 Å². The Balaban J connectivity index is 1.61. The fraction of sp³-hybridized carbons (Fsp3) is 0.417. The van der Waals surface area contributed by atoms with Crippen molar-refractivity contribution in [3.8, 4) is 0 Å². The second kappa shape index (κ2) is 10.2. The summed E-state index contributed by atoms with van der Waals surface area (Å²) in [6.07, 6.45) is 3.25. The monoisotopic (exact) mass is 465 g/mol. The zero-order valence-electron chi connectivity index (χ0n) is 19.8. The molecule has 180 valence electrons. The number of benzene rings is 1. The molecule has 2 aromatic heterocycles. The third-order valence-corrected chi connectivity index (χ3v) is 6.12. The number of aromatic nitrogens is 3. The standard InChI is InChI=1S/C24H31N7O3/c1-29(2)19-8-10-30(15-19)23(33)17-13-20-21(26-14-17)31(9-5-11-34-3)24(27-20)28-22(32)16-6-4-7-18(25)12-16/h4,6-7,12-14,19H,5,8-11,15,25H2,1-3H3,(H,27,28,32)/t19-/m0/s1. The zero-order chi connectivity index (χ0) is 24.2. The minimum absolute atomic E-state index is 0.0574. The molecular weight excluding hydrogens is 434 g/mol. The number of methoxy groups -OCH3 is 1. The molecule has 1 aromatic carbocycles. The minimum Gasteiger partial charge on any atom is -0.399 e. The predicted octanol–water partition coefficient (Wildman–Crippen LogP) is 2.08. The van der Waals surface area contributed by atoms with Gasteiger partial charge in [0.15, 0.2) is 5.65 Å². The second-order valence-corrected chi connectivity index (χ2v) is 8.74. The van der Waals surface area contributed by atoms with Crippen molar-refractivity contribution in [1.82, 2.24) is 24.3 Å². The Kier molecular flexibility index (Phi) is 7.09. The van der Waals surface area contributed by atoms with Gasteiger partial charge in [0, 0.05) is 56.8 Å². The maximum Gasteiger partial charge on any atom is 0.258 e. The van der Waals surface area contributed by atoms with Crippen LogP contribution in [0, 0.1) is 0 Å². The predicted molar refractivity (Wildman–Crippen MR) is 131 cm³/mol. The van der Waals surface area contributed by atoms with Crippen LogP contribution in [0.1, 0.15) is 33.6 Å². The van der Waals surface area contributed by atoms with Gasteiger partial charge in [0.1, 0.15) is 5.52 Å². The maximum absolute atomic E-state index is 13.1. The number of likely N-dealkylation sites (N-methyl/N-ethyl adjacent to an activating group) is 1. The topological polar surface area (TPSA) is 119 Å². The summed E-state index contributed by atoms with van der Waals surface area (Å²) in [5.41, 5.74) is 8.40. The lowest BCUT2D eigenvalue weighted by Gasteiger charge is -2.20. The molecule has 10 heteroatoms. The number of nitrogens with one attached hydrogen (secondary N) is 1. The smallest absolute Gasteiger partial charge is 0.258 e. The number of imidazole rings is 1. The number of pyridine rings is 1. The number of carbonyl (C=O) groups is 2. The van der Waals surface area contributed by atoms with Crippen LogP contribution in [0.4, 0.5) is 11.6 Å². The number of amides is 2. The fourth-order valence-corrected chi connectivity index (χ4v) is 4.19. The Morgan fingerprint density at radius 2 is 2.09 bits per heavy atom. The Labute approximate surface area is 198 Å². The van der Waals surface area contributed by atoms with Crippen molar-refractivity contribution in [2.45, 2.75) is 25.4 Å². The van der Waals surface area contributed by atoms with Crippen LogP contribution in [-0.2, 0) is 11.3 Å². The molecule has 34 heavy (non-hydrogen) atoms. The van der Waals surface area contributed by atoms with Crippen molar-refractivity contribution in [2.24, 2.45) is 0 Å². The number of nitrogens with zero attached hydrogens (tertiary/aromatic N) is 5. The molecule has 0 saturated carbocycles. The first kappa shape index (κ1) is 23.7. The summed E-state index contributed by atoms with van der Waals surface area (Å²) < 4.78 is 7.02. The number of ether oxygens (including phenoxy) is 1. The number of anilines is 2. The highest BCUT2D eigenvalue weighted by atomic mass is 16.5. The largest absolute Gasteiger partial charge is 0.399 e. The molecule has 4 rings (SSSR count). The average molecular weight is 466 g/mol. The van der Waals surface area contributed by atoms with Gasteiger partial charge in [-0.15, -0.1) is 0 Å². The number of hydrogen-bond donors (Lipinski definition) is 2. The molecule has 10 nitrogen and oxygen atoms in total. The van der Waals surface area contributed by atoms with Crippen LogP contribution in [0.25, 0.3) is 11.2 Å². The van der Waals surface area contributed by atoms with Gasteiger partial charge in [0.05, 0.1) is 5.56 Å². The molecule has 0 bridgehead atoms. The summed E-state index contributed by atoms with van der Waals surface area (Å²) in [7, 11) is 5.70. The van der Waals surface area contributed by atoms with Crippen LogP contribution in [0.5, 0.6) is 0 Å². The maximum atomic E-state index is 13.1. The molecule has 0 radical (unpaired) electrons. The number of nitrogen functional groups attached to an aromatic ring is 1. The Hall–Kier alpha value is -3.50. The summed E-state index contributed by atoms with van der Waals surface area (Å²) in [6.45, 7) is 2.51. The van der Waals surface area contributed by atoms with E-state index >= 15 is 0 Å². The number of aryl methyl sites for hydroxylation is 1. The molecule has 0 aliphatic carbocycles. The summed E-state index contributed by atoms with van der Waals surface area (Å²) >= 11 is 0. The number of rotatable bonds is 8. The highest BCUT2D eigenvalue weighted by Gasteiger charge is 2.28. The van der Waals surface area contributed by atoms with Gasteiger partial charge in [0.25, 0.3) is 11.8 Å². The van der Waals surface area contributed by atoms with Crippen molar-refractivity contribution >= 4 is 34.6 Å². The van der Waals surface area contributed by atoms with E-state index in [1.807, 2.05) is 23.6 Å². The molecule has 3 heterocycles. The lowest BCUT2D eigenvalue weighted by atomic mass is 10.2. The van der Waals surface area contributed by atoms with Crippen molar-refractivity contribution in [1.29, 1.82) is 0 Å². The van der Waals surface area contributed by atoms with E-state index in [0.717, 1.165) is 6.42 Å². The van der Waals surface area contributed by atoms with Crippen LogP contribution >= 0.6 is 0 Å². The molecule has 1 aliphatic heterocycles. The van der Waals surface area contributed by atoms with Gasteiger partial charge < -0.3 is 20.3 Å². The summed E-state index contributed by atoms with van der Waals surface area (Å²) in [5, 5.41) is 2.87. The SMILES string of the molecule is COCCCn1c(NC(=O)c2cccc(N)c2)nc2cc(C(=O)N3CC[C@H](N(C)C)C3)cnc21. The van der Waals surface area contributed by atoms with Gasteiger partial charge >= 0.3 is 0 Å². The molecule has 1 fully saturated rings. The van der Waals surface area contributed by atoms with Gasteiger partial charge in [-0.2, -0.15) is 0 Å². The lowest BCUT2D eigenvalue weighted by molar-refractivity contribution is 0.0782. The van der Waals surface area contributed by atoms with Crippen LogP contribution in [-0.4, -0.2) is 83.1 Å². The van der Waals surface area contributed by atoms with Gasteiger partial charge in [-0.05, 0) is 51.2 Å². The molecule has 1 saturated heterocycles. The first-order valence-electron chi connectivity index (χ1n) is 11.3. The van der Waals surface area contributed by atoms with Gasteiger partial charge in [-0.25, -0.2) is 9.97 Å². The first-order valence-corrected chi connectivity index (χ1v) is 11.3. The highest BCUT2D eigenvalue weighted by molar-refractivity contribution is 6.04. The average Bonchev–Trinajstić information content (AvgIpc) is 3.44.